The van der Waals surface area contributed by atoms with E-state index in [2.05, 4.69) is 39.4 Å². The molecular weight excluding hydrogens is 304 g/mol. The highest BCUT2D eigenvalue weighted by Gasteiger charge is 2.26. The maximum Gasteiger partial charge on any atom is 0.222 e. The van der Waals surface area contributed by atoms with E-state index in [1.165, 1.54) is 6.92 Å². The summed E-state index contributed by atoms with van der Waals surface area (Å²) in [5.74, 6) is 0.747. The van der Waals surface area contributed by atoms with Crippen molar-refractivity contribution >= 4 is 28.7 Å². The lowest BCUT2D eigenvalue weighted by molar-refractivity contribution is -0.119. The van der Waals surface area contributed by atoms with Crippen molar-refractivity contribution in [2.24, 2.45) is 0 Å². The van der Waals surface area contributed by atoms with E-state index in [0.717, 1.165) is 24.8 Å². The summed E-state index contributed by atoms with van der Waals surface area (Å²) in [7, 11) is 0. The number of aromatic nitrogens is 3. The van der Waals surface area contributed by atoms with Gasteiger partial charge in [-0.25, -0.2) is 4.98 Å². The zero-order valence-electron chi connectivity index (χ0n) is 14.8. The first kappa shape index (κ1) is 17.9. The fourth-order valence-electron chi connectivity index (χ4n) is 2.59. The number of anilines is 2. The van der Waals surface area contributed by atoms with Gasteiger partial charge >= 0.3 is 0 Å². The number of unbranched alkanes of at least 4 members (excludes halogenated alkanes) is 1. The topological polar surface area (TPSA) is 106 Å². The Morgan fingerprint density at radius 3 is 2.79 bits per heavy atom. The first-order valence-electron chi connectivity index (χ1n) is 8.25. The zero-order chi connectivity index (χ0) is 17.7. The van der Waals surface area contributed by atoms with Crippen LogP contribution in [0.4, 0.5) is 11.8 Å². The minimum Gasteiger partial charge on any atom is -0.368 e. The lowest BCUT2D eigenvalue weighted by Gasteiger charge is -2.32. The lowest BCUT2D eigenvalue weighted by atomic mass is 9.94. The van der Waals surface area contributed by atoms with Gasteiger partial charge in [-0.2, -0.15) is 4.98 Å². The predicted molar refractivity (Wildman–Crippen MR) is 96.7 cm³/mol. The molecule has 0 aromatic carbocycles. The van der Waals surface area contributed by atoms with Crippen LogP contribution in [0.3, 0.4) is 0 Å². The summed E-state index contributed by atoms with van der Waals surface area (Å²) in [5.41, 5.74) is 7.91. The van der Waals surface area contributed by atoms with E-state index in [1.807, 2.05) is 13.0 Å². The van der Waals surface area contributed by atoms with Crippen molar-refractivity contribution in [2.45, 2.75) is 52.5 Å². The molecule has 2 aromatic rings. The number of hydrogen-bond donors (Lipinski definition) is 3. The van der Waals surface area contributed by atoms with Crippen LogP contribution in [0.2, 0.25) is 0 Å². The Morgan fingerprint density at radius 1 is 1.38 bits per heavy atom. The van der Waals surface area contributed by atoms with E-state index in [4.69, 9.17) is 5.73 Å². The van der Waals surface area contributed by atoms with Crippen LogP contribution in [0.5, 0.6) is 0 Å². The second kappa shape index (κ2) is 7.42. The molecule has 0 unspecified atom stereocenters. The summed E-state index contributed by atoms with van der Waals surface area (Å²) in [6.45, 7) is 8.18. The minimum atomic E-state index is -0.345. The highest BCUT2D eigenvalue weighted by molar-refractivity contribution is 5.86. The molecule has 2 aromatic heterocycles. The van der Waals surface area contributed by atoms with Crippen LogP contribution in [-0.4, -0.2) is 32.9 Å². The molecule has 2 heterocycles. The molecule has 1 amide bonds. The quantitative estimate of drug-likeness (QED) is 0.720. The standard InChI is InChI=1S/C17H26N6O/c1-5-6-7-17(4,10-20-12(3)24)23-15-14-13(21-16(18)22-15)8-11(2)9-19-14/h8-9H,5-7,10H2,1-4H3,(H,20,24)(H3,18,21,22,23)/t17-/m1/s1. The van der Waals surface area contributed by atoms with Crippen molar-refractivity contribution in [3.8, 4) is 0 Å². The van der Waals surface area contributed by atoms with Crippen molar-refractivity contribution in [1.29, 1.82) is 0 Å². The third kappa shape index (κ3) is 4.53. The van der Waals surface area contributed by atoms with E-state index in [1.54, 1.807) is 6.20 Å². The number of fused-ring (bicyclic) bond motifs is 1. The molecule has 130 valence electrons. The molecule has 0 saturated carbocycles. The third-order valence-corrected chi connectivity index (χ3v) is 3.92. The Kier molecular flexibility index (Phi) is 5.54. The van der Waals surface area contributed by atoms with Crippen LogP contribution in [0.1, 0.15) is 45.6 Å². The Morgan fingerprint density at radius 2 is 2.12 bits per heavy atom. The van der Waals surface area contributed by atoms with Crippen molar-refractivity contribution in [2.75, 3.05) is 17.6 Å². The maximum atomic E-state index is 11.3. The van der Waals surface area contributed by atoms with Crippen molar-refractivity contribution in [3.63, 3.8) is 0 Å². The molecule has 0 aliphatic heterocycles. The number of amides is 1. The molecule has 0 aliphatic rings. The molecule has 7 nitrogen and oxygen atoms in total. The SMILES string of the molecule is CCCC[C@](C)(CNC(C)=O)Nc1nc(N)nc2cc(C)cnc12. The van der Waals surface area contributed by atoms with Gasteiger partial charge in [-0.05, 0) is 31.9 Å². The first-order chi connectivity index (χ1) is 11.3. The number of hydrogen-bond acceptors (Lipinski definition) is 6. The highest BCUT2D eigenvalue weighted by Crippen LogP contribution is 2.25. The van der Waals surface area contributed by atoms with Gasteiger partial charge in [0.15, 0.2) is 5.82 Å². The smallest absolute Gasteiger partial charge is 0.222 e. The third-order valence-electron chi connectivity index (χ3n) is 3.92. The van der Waals surface area contributed by atoms with Crippen LogP contribution < -0.4 is 16.4 Å². The maximum absolute atomic E-state index is 11.3. The molecule has 0 aliphatic carbocycles. The number of aryl methyl sites for hydroxylation is 1. The molecule has 2 rings (SSSR count). The number of pyridine rings is 1. The zero-order valence-corrected chi connectivity index (χ0v) is 14.8. The largest absolute Gasteiger partial charge is 0.368 e. The number of nitrogens with two attached hydrogens (primary N) is 1. The van der Waals surface area contributed by atoms with Crippen LogP contribution >= 0.6 is 0 Å². The van der Waals surface area contributed by atoms with Crippen LogP contribution in [0.25, 0.3) is 11.0 Å². The van der Waals surface area contributed by atoms with E-state index >= 15 is 0 Å². The molecule has 7 heteroatoms. The average Bonchev–Trinajstić information content (AvgIpc) is 2.50. The average molecular weight is 330 g/mol. The van der Waals surface area contributed by atoms with Gasteiger partial charge in [0.05, 0.1) is 11.1 Å². The molecule has 1 atom stereocenters. The molecule has 0 saturated heterocycles. The second-order valence-corrected chi connectivity index (χ2v) is 6.51. The molecular formula is C17H26N6O. The molecule has 4 N–H and O–H groups in total. The summed E-state index contributed by atoms with van der Waals surface area (Å²) in [6.07, 6.45) is 4.78. The van der Waals surface area contributed by atoms with Crippen LogP contribution in [0, 0.1) is 6.92 Å². The Balaban J connectivity index is 2.37. The predicted octanol–water partition coefficient (Wildman–Crippen LogP) is 2.41. The molecule has 0 bridgehead atoms. The summed E-state index contributed by atoms with van der Waals surface area (Å²) < 4.78 is 0. The van der Waals surface area contributed by atoms with Crippen molar-refractivity contribution in [3.05, 3.63) is 17.8 Å². The lowest BCUT2D eigenvalue weighted by Crippen LogP contribution is -2.46. The minimum absolute atomic E-state index is 0.0552. The second-order valence-electron chi connectivity index (χ2n) is 6.51. The number of carbonyl (C=O) groups is 1. The normalized spacial score (nSPS) is 13.5. The van der Waals surface area contributed by atoms with Gasteiger partial charge in [-0.15, -0.1) is 0 Å². The number of nitrogens with one attached hydrogen (secondary N) is 2. The summed E-state index contributed by atoms with van der Waals surface area (Å²) in [6, 6.07) is 1.93. The summed E-state index contributed by atoms with van der Waals surface area (Å²) >= 11 is 0. The van der Waals surface area contributed by atoms with E-state index < -0.39 is 0 Å². The number of nitrogen functional groups attached to an aromatic ring is 1. The van der Waals surface area contributed by atoms with Crippen LogP contribution in [0.15, 0.2) is 12.3 Å². The summed E-state index contributed by atoms with van der Waals surface area (Å²) in [4.78, 5) is 24.4. The van der Waals surface area contributed by atoms with Gasteiger partial charge in [0.25, 0.3) is 0 Å². The molecule has 0 radical (unpaired) electrons. The van der Waals surface area contributed by atoms with Gasteiger partial charge in [0.2, 0.25) is 11.9 Å². The number of carbonyl (C=O) groups excluding carboxylic acids is 1. The Bertz CT molecular complexity index is 727. The van der Waals surface area contributed by atoms with E-state index in [-0.39, 0.29) is 17.4 Å². The highest BCUT2D eigenvalue weighted by atomic mass is 16.1. The van der Waals surface area contributed by atoms with Crippen molar-refractivity contribution < 1.29 is 4.79 Å². The van der Waals surface area contributed by atoms with Gasteiger partial charge in [0.1, 0.15) is 5.52 Å². The molecule has 0 fully saturated rings. The van der Waals surface area contributed by atoms with Gasteiger partial charge in [-0.1, -0.05) is 19.8 Å². The Hall–Kier alpha value is -2.44. The molecule has 24 heavy (non-hydrogen) atoms. The Labute approximate surface area is 142 Å². The number of rotatable bonds is 7. The van der Waals surface area contributed by atoms with Gasteiger partial charge < -0.3 is 16.4 Å². The number of nitrogens with zero attached hydrogens (tertiary/aromatic N) is 3. The fraction of sp³-hybridized carbons (Fsp3) is 0.529. The fourth-order valence-corrected chi connectivity index (χ4v) is 2.59. The van der Waals surface area contributed by atoms with Gasteiger partial charge in [-0.3, -0.25) is 9.78 Å². The molecule has 0 spiro atoms. The first-order valence-corrected chi connectivity index (χ1v) is 8.25. The monoisotopic (exact) mass is 330 g/mol. The van der Waals surface area contributed by atoms with Crippen LogP contribution in [-0.2, 0) is 4.79 Å². The van der Waals surface area contributed by atoms with Crippen molar-refractivity contribution in [1.82, 2.24) is 20.3 Å². The van der Waals surface area contributed by atoms with E-state index in [9.17, 15) is 4.79 Å². The van der Waals surface area contributed by atoms with Gasteiger partial charge in [0, 0.05) is 19.7 Å². The van der Waals surface area contributed by atoms with E-state index in [0.29, 0.717) is 23.4 Å². The summed E-state index contributed by atoms with van der Waals surface area (Å²) in [5, 5.41) is 6.33.